The van der Waals surface area contributed by atoms with Crippen LogP contribution in [0.1, 0.15) is 39.2 Å². The van der Waals surface area contributed by atoms with Gasteiger partial charge in [-0.2, -0.15) is 13.2 Å². The number of carbonyl (C=O) groups excluding carboxylic acids is 1. The minimum Gasteiger partial charge on any atom is -0.444 e. The molecule has 5 nitrogen and oxygen atoms in total. The van der Waals surface area contributed by atoms with Crippen LogP contribution in [0.3, 0.4) is 0 Å². The van der Waals surface area contributed by atoms with Crippen molar-refractivity contribution in [3.05, 3.63) is 22.8 Å². The highest BCUT2D eigenvalue weighted by molar-refractivity contribution is 6.32. The average Bonchev–Trinajstić information content (AvgIpc) is 2.91. The molecule has 0 saturated carbocycles. The molecule has 1 amide bonds. The van der Waals surface area contributed by atoms with Gasteiger partial charge in [-0.1, -0.05) is 11.6 Å². The van der Waals surface area contributed by atoms with Gasteiger partial charge in [0, 0.05) is 19.3 Å². The van der Waals surface area contributed by atoms with Crippen LogP contribution in [-0.4, -0.2) is 40.7 Å². The Hall–Kier alpha value is -1.70. The number of alkyl halides is 3. The number of nitrogens with one attached hydrogen (secondary N) is 1. The molecule has 1 aliphatic heterocycles. The molecule has 25 heavy (non-hydrogen) atoms. The number of nitrogens with zero attached hydrogens (tertiary/aromatic N) is 2. The SMILES string of the molecule is CC(C)(C)OC(=O)N1CCC[C@@H]1CNc1ncc(C(F)(F)F)cc1Cl. The molecule has 0 spiro atoms. The van der Waals surface area contributed by atoms with Crippen molar-refractivity contribution in [2.75, 3.05) is 18.4 Å². The van der Waals surface area contributed by atoms with E-state index in [9.17, 15) is 18.0 Å². The summed E-state index contributed by atoms with van der Waals surface area (Å²) in [6.45, 7) is 6.28. The fourth-order valence-electron chi connectivity index (χ4n) is 2.55. The monoisotopic (exact) mass is 379 g/mol. The van der Waals surface area contributed by atoms with Crippen molar-refractivity contribution >= 4 is 23.5 Å². The van der Waals surface area contributed by atoms with Crippen molar-refractivity contribution in [1.29, 1.82) is 0 Å². The number of hydrogen-bond acceptors (Lipinski definition) is 4. The highest BCUT2D eigenvalue weighted by atomic mass is 35.5. The standard InChI is InChI=1S/C16H21ClF3N3O2/c1-15(2,3)25-14(24)23-6-4-5-11(23)9-22-13-12(17)7-10(8-21-13)16(18,19)20/h7-8,11H,4-6,9H2,1-3H3,(H,21,22)/t11-/m1/s1. The molecular formula is C16H21ClF3N3O2. The summed E-state index contributed by atoms with van der Waals surface area (Å²) in [5, 5.41) is 2.81. The summed E-state index contributed by atoms with van der Waals surface area (Å²) < 4.78 is 43.3. The Labute approximate surface area is 149 Å². The Kier molecular flexibility index (Phi) is 5.71. The van der Waals surface area contributed by atoms with Gasteiger partial charge in [0.2, 0.25) is 0 Å². The Balaban J connectivity index is 1.99. The first-order chi connectivity index (χ1) is 11.5. The number of ether oxygens (including phenoxy) is 1. The molecule has 0 aromatic carbocycles. The van der Waals surface area contributed by atoms with Crippen molar-refractivity contribution < 1.29 is 22.7 Å². The Morgan fingerprint density at radius 3 is 2.68 bits per heavy atom. The first kappa shape index (κ1) is 19.6. The third kappa shape index (κ3) is 5.39. The number of aromatic nitrogens is 1. The lowest BCUT2D eigenvalue weighted by atomic mass is 10.2. The fourth-order valence-corrected chi connectivity index (χ4v) is 2.78. The van der Waals surface area contributed by atoms with E-state index in [2.05, 4.69) is 10.3 Å². The molecule has 1 fully saturated rings. The van der Waals surface area contributed by atoms with Crippen LogP contribution in [-0.2, 0) is 10.9 Å². The molecule has 0 unspecified atom stereocenters. The number of pyridine rings is 1. The third-order valence-electron chi connectivity index (χ3n) is 3.68. The van der Waals surface area contributed by atoms with Gasteiger partial charge in [0.25, 0.3) is 0 Å². The number of halogens is 4. The lowest BCUT2D eigenvalue weighted by Gasteiger charge is -2.28. The second kappa shape index (κ2) is 7.27. The summed E-state index contributed by atoms with van der Waals surface area (Å²) in [7, 11) is 0. The number of hydrogen-bond donors (Lipinski definition) is 1. The van der Waals surface area contributed by atoms with Crippen LogP contribution in [0.15, 0.2) is 12.3 Å². The van der Waals surface area contributed by atoms with Crippen LogP contribution in [0.2, 0.25) is 5.02 Å². The van der Waals surface area contributed by atoms with E-state index in [-0.39, 0.29) is 16.9 Å². The van der Waals surface area contributed by atoms with E-state index in [1.165, 1.54) is 0 Å². The van der Waals surface area contributed by atoms with Crippen LogP contribution >= 0.6 is 11.6 Å². The van der Waals surface area contributed by atoms with Gasteiger partial charge in [-0.3, -0.25) is 0 Å². The van der Waals surface area contributed by atoms with Crippen LogP contribution in [0.4, 0.5) is 23.8 Å². The molecule has 1 N–H and O–H groups in total. The zero-order chi connectivity index (χ0) is 18.8. The van der Waals surface area contributed by atoms with Gasteiger partial charge in [0.05, 0.1) is 16.6 Å². The van der Waals surface area contributed by atoms with Crippen molar-refractivity contribution in [2.24, 2.45) is 0 Å². The van der Waals surface area contributed by atoms with E-state index in [0.29, 0.717) is 13.1 Å². The van der Waals surface area contributed by atoms with Crippen molar-refractivity contribution in [2.45, 2.75) is 51.4 Å². The van der Waals surface area contributed by atoms with Crippen molar-refractivity contribution in [3.8, 4) is 0 Å². The van der Waals surface area contributed by atoms with Crippen LogP contribution in [0, 0.1) is 0 Å². The second-order valence-corrected chi connectivity index (χ2v) is 7.31. The number of anilines is 1. The molecule has 1 aromatic rings. The molecular weight excluding hydrogens is 359 g/mol. The van der Waals surface area contributed by atoms with Gasteiger partial charge in [0.15, 0.2) is 0 Å². The van der Waals surface area contributed by atoms with E-state index < -0.39 is 23.4 Å². The van der Waals surface area contributed by atoms with E-state index in [0.717, 1.165) is 25.1 Å². The minimum atomic E-state index is -4.49. The topological polar surface area (TPSA) is 54.5 Å². The highest BCUT2D eigenvalue weighted by Crippen LogP contribution is 2.32. The third-order valence-corrected chi connectivity index (χ3v) is 3.97. The number of rotatable bonds is 3. The quantitative estimate of drug-likeness (QED) is 0.836. The molecule has 1 atom stereocenters. The first-order valence-electron chi connectivity index (χ1n) is 7.93. The van der Waals surface area contributed by atoms with E-state index >= 15 is 0 Å². The molecule has 9 heteroatoms. The zero-order valence-corrected chi connectivity index (χ0v) is 15.0. The minimum absolute atomic E-state index is 0.114. The molecule has 1 aliphatic rings. The van der Waals surface area contributed by atoms with Gasteiger partial charge in [-0.15, -0.1) is 0 Å². The molecule has 0 aliphatic carbocycles. The second-order valence-electron chi connectivity index (χ2n) is 6.90. The van der Waals surface area contributed by atoms with Crippen LogP contribution in [0.5, 0.6) is 0 Å². The smallest absolute Gasteiger partial charge is 0.417 e. The van der Waals surface area contributed by atoms with Gasteiger partial charge < -0.3 is 15.0 Å². The number of likely N-dealkylation sites (tertiary alicyclic amines) is 1. The normalized spacial score (nSPS) is 18.4. The van der Waals surface area contributed by atoms with E-state index in [1.807, 2.05) is 0 Å². The maximum Gasteiger partial charge on any atom is 0.417 e. The van der Waals surface area contributed by atoms with Crippen molar-refractivity contribution in [1.82, 2.24) is 9.88 Å². The zero-order valence-electron chi connectivity index (χ0n) is 14.3. The fraction of sp³-hybridized carbons (Fsp3) is 0.625. The molecule has 0 radical (unpaired) electrons. The summed E-state index contributed by atoms with van der Waals surface area (Å²) in [6.07, 6.45) is -2.56. The van der Waals surface area contributed by atoms with Gasteiger partial charge >= 0.3 is 12.3 Å². The van der Waals surface area contributed by atoms with Crippen molar-refractivity contribution in [3.63, 3.8) is 0 Å². The van der Waals surface area contributed by atoms with Gasteiger partial charge in [-0.05, 0) is 39.7 Å². The predicted molar refractivity (Wildman–Crippen MR) is 88.7 cm³/mol. The molecule has 0 bridgehead atoms. The summed E-state index contributed by atoms with van der Waals surface area (Å²) in [5.41, 5.74) is -1.49. The lowest BCUT2D eigenvalue weighted by Crippen LogP contribution is -2.42. The molecule has 140 valence electrons. The molecule has 1 aromatic heterocycles. The maximum atomic E-state index is 12.6. The number of carbonyl (C=O) groups is 1. The Bertz CT molecular complexity index is 632. The molecule has 2 heterocycles. The maximum absolute atomic E-state index is 12.6. The lowest BCUT2D eigenvalue weighted by molar-refractivity contribution is -0.137. The molecule has 1 saturated heterocycles. The van der Waals surface area contributed by atoms with Gasteiger partial charge in [-0.25, -0.2) is 9.78 Å². The summed E-state index contributed by atoms with van der Waals surface area (Å²) in [5.74, 6) is 0.158. The predicted octanol–water partition coefficient (Wildman–Crippen LogP) is 4.57. The average molecular weight is 380 g/mol. The molecule has 2 rings (SSSR count). The first-order valence-corrected chi connectivity index (χ1v) is 8.31. The summed E-state index contributed by atoms with van der Waals surface area (Å²) in [6, 6.07) is 0.701. The van der Waals surface area contributed by atoms with Crippen LogP contribution in [0.25, 0.3) is 0 Å². The highest BCUT2D eigenvalue weighted by Gasteiger charge is 2.33. The van der Waals surface area contributed by atoms with Crippen LogP contribution < -0.4 is 5.32 Å². The summed E-state index contributed by atoms with van der Waals surface area (Å²) in [4.78, 5) is 17.6. The largest absolute Gasteiger partial charge is 0.444 e. The van der Waals surface area contributed by atoms with E-state index in [4.69, 9.17) is 16.3 Å². The Morgan fingerprint density at radius 1 is 1.44 bits per heavy atom. The van der Waals surface area contributed by atoms with E-state index in [1.54, 1.807) is 25.7 Å². The Morgan fingerprint density at radius 2 is 2.12 bits per heavy atom. The van der Waals surface area contributed by atoms with Gasteiger partial charge in [0.1, 0.15) is 11.4 Å². The number of amides is 1. The summed E-state index contributed by atoms with van der Waals surface area (Å²) >= 11 is 5.88.